The molecule has 13 rings (SSSR count). The molecule has 0 spiro atoms. The minimum atomic E-state index is 0.846. The zero-order valence-electron chi connectivity index (χ0n) is 38.4. The third kappa shape index (κ3) is 5.51. The molecular weight excluding hydrogens is 801 g/mol. The summed E-state index contributed by atoms with van der Waals surface area (Å²) in [5.41, 5.74) is 28.0. The number of benzene rings is 9. The number of aryl methyl sites for hydroxylation is 4. The van der Waals surface area contributed by atoms with E-state index >= 15 is 0 Å². The number of rotatable bonds is 6. The normalized spacial score (nSPS) is 12.6. The Balaban J connectivity index is 1.11. The Labute approximate surface area is 386 Å². The van der Waals surface area contributed by atoms with Gasteiger partial charge in [0, 0.05) is 79.6 Å². The quantitative estimate of drug-likeness (QED) is 0.166. The first kappa shape index (κ1) is 38.6. The predicted molar refractivity (Wildman–Crippen MR) is 279 cm³/mol. The summed E-state index contributed by atoms with van der Waals surface area (Å²) in [6, 6.07) is 64.0. The highest BCUT2D eigenvalue weighted by Gasteiger charge is 2.31. The van der Waals surface area contributed by atoms with Crippen molar-refractivity contribution >= 4 is 77.7 Å². The van der Waals surface area contributed by atoms with Crippen LogP contribution in [0.4, 0.5) is 34.1 Å². The van der Waals surface area contributed by atoms with E-state index < -0.39 is 0 Å². The van der Waals surface area contributed by atoms with Crippen molar-refractivity contribution in [2.24, 2.45) is 0 Å². The summed E-state index contributed by atoms with van der Waals surface area (Å²) in [6.07, 6.45) is 1.69. The number of nitrogens with zero attached hydrogens (tertiary/aromatic N) is 4. The van der Waals surface area contributed by atoms with Gasteiger partial charge in [0.15, 0.2) is 0 Å². The molecule has 0 bridgehead atoms. The standard InChI is InChI=1S/C62H50N4/c1-37-29-47(30-38(2)41(37)5)63(45-19-9-7-10-20-45)57-27-25-49-51-35-60-52(36-59(51)65-55-23-15-13-17-43(55)33-53(57)61(49)65)50-26-28-58(54-34-44-18-14-16-24-56(44)66(60)62(50)54)64(46-21-11-8-12-22-46)48-31-39(3)42(6)40(4)32-48/h7-32,35-36H,33-34H2,1-6H3. The van der Waals surface area contributed by atoms with Crippen LogP contribution in [0.3, 0.4) is 0 Å². The van der Waals surface area contributed by atoms with Crippen LogP contribution >= 0.6 is 0 Å². The van der Waals surface area contributed by atoms with E-state index in [2.05, 4.69) is 230 Å². The van der Waals surface area contributed by atoms with E-state index in [1.54, 1.807) is 0 Å². The van der Waals surface area contributed by atoms with Gasteiger partial charge in [-0.2, -0.15) is 0 Å². The van der Waals surface area contributed by atoms with Crippen LogP contribution in [-0.4, -0.2) is 9.13 Å². The Bertz CT molecular complexity index is 3530. The van der Waals surface area contributed by atoms with Gasteiger partial charge in [-0.3, -0.25) is 0 Å². The summed E-state index contributed by atoms with van der Waals surface area (Å²) in [6.45, 7) is 13.4. The van der Waals surface area contributed by atoms with Gasteiger partial charge in [0.2, 0.25) is 0 Å². The number of fused-ring (bicyclic) bond motifs is 10. The van der Waals surface area contributed by atoms with Gasteiger partial charge in [0.25, 0.3) is 0 Å². The fourth-order valence-electron chi connectivity index (χ4n) is 11.5. The van der Waals surface area contributed by atoms with Crippen LogP contribution in [0, 0.1) is 41.5 Å². The first-order chi connectivity index (χ1) is 32.2. The summed E-state index contributed by atoms with van der Waals surface area (Å²) in [5, 5.41) is 5.12. The van der Waals surface area contributed by atoms with Crippen molar-refractivity contribution in [3.8, 4) is 11.4 Å². The molecule has 0 saturated carbocycles. The van der Waals surface area contributed by atoms with Crippen molar-refractivity contribution in [2.75, 3.05) is 9.80 Å². The highest BCUT2D eigenvalue weighted by atomic mass is 15.2. The number of hydrogen-bond donors (Lipinski definition) is 0. The number of para-hydroxylation sites is 4. The van der Waals surface area contributed by atoms with E-state index in [0.717, 1.165) is 24.2 Å². The lowest BCUT2D eigenvalue weighted by Crippen LogP contribution is -2.16. The summed E-state index contributed by atoms with van der Waals surface area (Å²) in [4.78, 5) is 4.98. The molecule has 0 radical (unpaired) electrons. The molecule has 0 atom stereocenters. The van der Waals surface area contributed by atoms with E-state index in [0.29, 0.717) is 0 Å². The lowest BCUT2D eigenvalue weighted by molar-refractivity contribution is 1.03. The van der Waals surface area contributed by atoms with Crippen molar-refractivity contribution in [3.63, 3.8) is 0 Å². The molecule has 0 N–H and O–H groups in total. The van der Waals surface area contributed by atoms with Crippen molar-refractivity contribution < 1.29 is 0 Å². The summed E-state index contributed by atoms with van der Waals surface area (Å²) in [7, 11) is 0. The van der Waals surface area contributed by atoms with Gasteiger partial charge in [-0.25, -0.2) is 0 Å². The minimum absolute atomic E-state index is 0.846. The highest BCUT2D eigenvalue weighted by Crippen LogP contribution is 2.51. The van der Waals surface area contributed by atoms with Crippen LogP contribution in [0.2, 0.25) is 0 Å². The second-order valence-electron chi connectivity index (χ2n) is 18.8. The summed E-state index contributed by atoms with van der Waals surface area (Å²) in [5.74, 6) is 0. The molecule has 2 aliphatic rings. The van der Waals surface area contributed by atoms with E-state index in [9.17, 15) is 0 Å². The van der Waals surface area contributed by atoms with Gasteiger partial charge in [0.1, 0.15) is 0 Å². The molecule has 9 aromatic carbocycles. The third-order valence-corrected chi connectivity index (χ3v) is 15.2. The van der Waals surface area contributed by atoms with Gasteiger partial charge in [-0.15, -0.1) is 0 Å². The van der Waals surface area contributed by atoms with Crippen LogP contribution in [-0.2, 0) is 12.8 Å². The molecule has 4 heterocycles. The van der Waals surface area contributed by atoms with E-state index in [-0.39, 0.29) is 0 Å². The molecule has 318 valence electrons. The molecule has 0 aliphatic carbocycles. The third-order valence-electron chi connectivity index (χ3n) is 15.2. The first-order valence-corrected chi connectivity index (χ1v) is 23.4. The molecule has 0 unspecified atom stereocenters. The van der Waals surface area contributed by atoms with Crippen LogP contribution < -0.4 is 9.80 Å². The van der Waals surface area contributed by atoms with E-state index in [1.165, 1.54) is 133 Å². The van der Waals surface area contributed by atoms with Gasteiger partial charge in [0.05, 0.1) is 33.4 Å². The number of anilines is 6. The fraction of sp³-hybridized carbons (Fsp3) is 0.129. The Kier molecular flexibility index (Phi) is 8.39. The number of hydrogen-bond acceptors (Lipinski definition) is 2. The van der Waals surface area contributed by atoms with Gasteiger partial charge >= 0.3 is 0 Å². The molecule has 0 saturated heterocycles. The lowest BCUT2D eigenvalue weighted by atomic mass is 9.94. The largest absolute Gasteiger partial charge is 0.310 e. The van der Waals surface area contributed by atoms with Crippen LogP contribution in [0.1, 0.15) is 55.6 Å². The first-order valence-electron chi connectivity index (χ1n) is 23.4. The van der Waals surface area contributed by atoms with Crippen molar-refractivity contribution in [1.82, 2.24) is 9.13 Å². The van der Waals surface area contributed by atoms with Crippen molar-refractivity contribution in [1.29, 1.82) is 0 Å². The number of aromatic nitrogens is 2. The van der Waals surface area contributed by atoms with Crippen LogP contribution in [0.5, 0.6) is 0 Å². The average molecular weight is 851 g/mol. The molecule has 2 aliphatic heterocycles. The van der Waals surface area contributed by atoms with E-state index in [1.807, 2.05) is 0 Å². The highest BCUT2D eigenvalue weighted by molar-refractivity contribution is 6.21. The van der Waals surface area contributed by atoms with Crippen molar-refractivity contribution in [3.05, 3.63) is 225 Å². The second kappa shape index (κ2) is 14.3. The molecule has 4 nitrogen and oxygen atoms in total. The lowest BCUT2D eigenvalue weighted by Gasteiger charge is -2.31. The van der Waals surface area contributed by atoms with Gasteiger partial charge in [-0.1, -0.05) is 84.9 Å². The van der Waals surface area contributed by atoms with Gasteiger partial charge < -0.3 is 18.9 Å². The van der Waals surface area contributed by atoms with Crippen LogP contribution in [0.15, 0.2) is 170 Å². The van der Waals surface area contributed by atoms with Crippen LogP contribution in [0.25, 0.3) is 55.0 Å². The Morgan fingerprint density at radius 1 is 0.348 bits per heavy atom. The maximum absolute atomic E-state index is 2.59. The maximum atomic E-state index is 2.59. The topological polar surface area (TPSA) is 16.3 Å². The average Bonchev–Trinajstić information content (AvgIpc) is 3.85. The monoisotopic (exact) mass is 850 g/mol. The van der Waals surface area contributed by atoms with Crippen molar-refractivity contribution in [2.45, 2.75) is 54.4 Å². The minimum Gasteiger partial charge on any atom is -0.310 e. The molecule has 11 aromatic rings. The SMILES string of the molecule is Cc1cc(N(c2ccccc2)c2ccc3c4cc5c(cc4n4c3c2Cc2ccccc2-4)c2ccc(N(c3ccccc3)c3cc(C)c(C)c(C)c3)c3c2n5-c2ccccc2C3)cc(C)c1C. The maximum Gasteiger partial charge on any atom is 0.0597 e. The zero-order valence-corrected chi connectivity index (χ0v) is 38.4. The predicted octanol–water partition coefficient (Wildman–Crippen LogP) is 16.5. The second-order valence-corrected chi connectivity index (χ2v) is 18.8. The molecule has 0 fully saturated rings. The molecule has 0 amide bonds. The summed E-state index contributed by atoms with van der Waals surface area (Å²) >= 11 is 0. The Morgan fingerprint density at radius 3 is 1.11 bits per heavy atom. The summed E-state index contributed by atoms with van der Waals surface area (Å²) < 4.78 is 5.17. The smallest absolute Gasteiger partial charge is 0.0597 e. The van der Waals surface area contributed by atoms with E-state index in [4.69, 9.17) is 0 Å². The zero-order chi connectivity index (χ0) is 44.5. The molecular formula is C62H50N4. The molecule has 2 aromatic heterocycles. The molecule has 4 heteroatoms. The molecule has 66 heavy (non-hydrogen) atoms. The van der Waals surface area contributed by atoms with Gasteiger partial charge in [-0.05, 0) is 171 Å². The Morgan fingerprint density at radius 2 is 0.712 bits per heavy atom. The Hall–Kier alpha value is -7.82. The fourth-order valence-corrected chi connectivity index (χ4v) is 11.5.